The van der Waals surface area contributed by atoms with E-state index in [-0.39, 0.29) is 65.4 Å². The third kappa shape index (κ3) is 4.38. The first-order chi connectivity index (χ1) is 24.8. The van der Waals surface area contributed by atoms with E-state index in [0.717, 1.165) is 38.1 Å². The maximum Gasteiger partial charge on any atom is 0.170 e. The summed E-state index contributed by atoms with van der Waals surface area (Å²) in [5.74, 6) is -13.3. The van der Waals surface area contributed by atoms with Crippen LogP contribution >= 0.6 is 0 Å². The van der Waals surface area contributed by atoms with Crippen LogP contribution in [-0.4, -0.2) is 0 Å². The lowest BCUT2D eigenvalue weighted by Crippen LogP contribution is -2.16. The molecule has 0 N–H and O–H groups in total. The van der Waals surface area contributed by atoms with Crippen LogP contribution < -0.4 is 10.4 Å². The number of furan rings is 2. The maximum absolute atomic E-state index is 15.0. The second-order valence-electron chi connectivity index (χ2n) is 11.5. The molecule has 0 aliphatic carbocycles. The summed E-state index contributed by atoms with van der Waals surface area (Å²) in [5.41, 5.74) is -6.93. The quantitative estimate of drug-likeness (QED) is 0.131. The van der Waals surface area contributed by atoms with E-state index in [1.54, 1.807) is 24.3 Å². The van der Waals surface area contributed by atoms with Crippen molar-refractivity contribution < 1.29 is 44.0 Å². The topological polar surface area (TPSA) is 121 Å². The third-order valence-corrected chi connectivity index (χ3v) is 8.82. The summed E-state index contributed by atoms with van der Waals surface area (Å²) in [4.78, 5) is 0. The van der Waals surface area contributed by atoms with E-state index in [9.17, 15) is 56.2 Å². The number of hydrogen-bond acceptors (Lipinski definition) is 6. The van der Waals surface area contributed by atoms with Crippen LogP contribution in [0.25, 0.3) is 77.3 Å². The van der Waals surface area contributed by atoms with E-state index in [1.165, 1.54) is 12.1 Å². The summed E-state index contributed by atoms with van der Waals surface area (Å²) in [6.45, 7) is 1.70. The minimum absolute atomic E-state index is 0.0277. The number of rotatable bonds is 2. The SMILES string of the molecule is Cc1c(F)c(F)c(-c2ccc3c(c2)oc2c(=C(C#N)C#N)c4c(oc5cc(-c6c(F)c(F)c(C)c(F)c6F)ccc54)c(=C(C#N)C#N)c23)c(F)c1F. The lowest BCUT2D eigenvalue weighted by Gasteiger charge is -2.10. The Labute approximate surface area is 284 Å². The molecule has 0 aliphatic heterocycles. The summed E-state index contributed by atoms with van der Waals surface area (Å²) in [5, 5.41) is 39.4. The van der Waals surface area contributed by atoms with Gasteiger partial charge in [0.15, 0.2) is 46.5 Å². The minimum Gasteiger partial charge on any atom is -0.455 e. The molecular formula is C38H12F8N4O2. The van der Waals surface area contributed by atoms with Gasteiger partial charge >= 0.3 is 0 Å². The van der Waals surface area contributed by atoms with Gasteiger partial charge in [-0.1, -0.05) is 12.1 Å². The molecule has 7 rings (SSSR count). The van der Waals surface area contributed by atoms with Crippen molar-refractivity contribution in [1.82, 2.24) is 0 Å². The number of benzene rings is 5. The Morgan fingerprint density at radius 3 is 1.08 bits per heavy atom. The normalized spacial score (nSPS) is 11.2. The third-order valence-electron chi connectivity index (χ3n) is 8.82. The van der Waals surface area contributed by atoms with Crippen LogP contribution in [0.2, 0.25) is 0 Å². The largest absolute Gasteiger partial charge is 0.455 e. The summed E-state index contributed by atoms with van der Waals surface area (Å²) < 4.78 is 130. The molecule has 0 atom stereocenters. The summed E-state index contributed by atoms with van der Waals surface area (Å²) in [6, 6.07) is 13.5. The summed E-state index contributed by atoms with van der Waals surface area (Å²) in [7, 11) is 0. The Morgan fingerprint density at radius 2 is 0.788 bits per heavy atom. The van der Waals surface area contributed by atoms with Gasteiger partial charge in [-0.15, -0.1) is 0 Å². The van der Waals surface area contributed by atoms with Crippen molar-refractivity contribution >= 4 is 55.0 Å². The molecule has 0 bridgehead atoms. The predicted octanol–water partition coefficient (Wildman–Crippen LogP) is 8.94. The van der Waals surface area contributed by atoms with Crippen molar-refractivity contribution in [1.29, 1.82) is 21.0 Å². The Kier molecular flexibility index (Phi) is 7.52. The lowest BCUT2D eigenvalue weighted by molar-refractivity contribution is 0.449. The van der Waals surface area contributed by atoms with E-state index in [0.29, 0.717) is 0 Å². The number of nitriles is 4. The fourth-order valence-electron chi connectivity index (χ4n) is 6.32. The average molecular weight is 709 g/mol. The van der Waals surface area contributed by atoms with Gasteiger partial charge in [-0.2, -0.15) is 21.0 Å². The average Bonchev–Trinajstić information content (AvgIpc) is 3.71. The van der Waals surface area contributed by atoms with Crippen LogP contribution in [0.4, 0.5) is 35.1 Å². The molecule has 0 unspecified atom stereocenters. The van der Waals surface area contributed by atoms with Crippen molar-refractivity contribution in [2.75, 3.05) is 0 Å². The molecule has 14 heteroatoms. The van der Waals surface area contributed by atoms with Gasteiger partial charge in [0, 0.05) is 32.7 Å². The van der Waals surface area contributed by atoms with E-state index < -0.39 is 79.9 Å². The molecule has 252 valence electrons. The van der Waals surface area contributed by atoms with Crippen LogP contribution in [0, 0.1) is 106 Å². The zero-order valence-corrected chi connectivity index (χ0v) is 26.1. The highest BCUT2D eigenvalue weighted by atomic mass is 19.2. The Morgan fingerprint density at radius 1 is 0.481 bits per heavy atom. The minimum atomic E-state index is -1.69. The van der Waals surface area contributed by atoms with Gasteiger partial charge in [0.25, 0.3) is 0 Å². The predicted molar refractivity (Wildman–Crippen MR) is 170 cm³/mol. The first kappa shape index (κ1) is 33.3. The standard InChI is InChI=1S/C38H12F8N4O2/c1-13-29(39)33(43)25(34(44)30(13)40)15-3-5-19-21(7-15)51-37-24(18(11-49)12-50)28-20-6-4-16(26-35(45)31(41)14(2)32(42)36(26)46)8-22(20)52-38(28)23(27(19)37)17(9-47)10-48/h3-8H,1-2H3. The van der Waals surface area contributed by atoms with Gasteiger partial charge in [-0.3, -0.25) is 0 Å². The van der Waals surface area contributed by atoms with Gasteiger partial charge in [0.2, 0.25) is 0 Å². The van der Waals surface area contributed by atoms with Gasteiger partial charge in [-0.05, 0) is 49.2 Å². The molecule has 0 spiro atoms. The molecule has 0 amide bonds. The summed E-state index contributed by atoms with van der Waals surface area (Å²) in [6.07, 6.45) is 0. The zero-order valence-electron chi connectivity index (χ0n) is 26.1. The number of hydrogen-bond donors (Lipinski definition) is 0. The zero-order chi connectivity index (χ0) is 37.5. The van der Waals surface area contributed by atoms with Crippen molar-refractivity contribution in [3.63, 3.8) is 0 Å². The molecule has 6 nitrogen and oxygen atoms in total. The number of nitrogens with zero attached hydrogens (tertiary/aromatic N) is 4. The molecule has 0 saturated carbocycles. The fourth-order valence-corrected chi connectivity index (χ4v) is 6.32. The first-order valence-electron chi connectivity index (χ1n) is 14.7. The molecule has 0 fully saturated rings. The number of fused-ring (bicyclic) bond motifs is 6. The van der Waals surface area contributed by atoms with Crippen molar-refractivity contribution in [3.05, 3.63) is 105 Å². The fraction of sp³-hybridized carbons (Fsp3) is 0.0526. The highest BCUT2D eigenvalue weighted by Gasteiger charge is 2.28. The first-order valence-corrected chi connectivity index (χ1v) is 14.7. The van der Waals surface area contributed by atoms with Crippen LogP contribution in [0.1, 0.15) is 11.1 Å². The van der Waals surface area contributed by atoms with Crippen molar-refractivity contribution in [2.24, 2.45) is 0 Å². The Balaban J connectivity index is 1.68. The van der Waals surface area contributed by atoms with Gasteiger partial charge in [0.05, 0.1) is 21.6 Å². The highest BCUT2D eigenvalue weighted by molar-refractivity contribution is 6.18. The Bertz CT molecular complexity index is 2830. The summed E-state index contributed by atoms with van der Waals surface area (Å²) >= 11 is 0. The van der Waals surface area contributed by atoms with Crippen LogP contribution in [0.15, 0.2) is 45.2 Å². The van der Waals surface area contributed by atoms with E-state index in [2.05, 4.69) is 0 Å². The monoisotopic (exact) mass is 708 g/mol. The van der Waals surface area contributed by atoms with Crippen LogP contribution in [-0.2, 0) is 0 Å². The van der Waals surface area contributed by atoms with E-state index in [1.807, 2.05) is 0 Å². The molecule has 0 radical (unpaired) electrons. The maximum atomic E-state index is 15.0. The molecule has 7 aromatic rings. The second kappa shape index (κ2) is 11.7. The van der Waals surface area contributed by atoms with E-state index in [4.69, 9.17) is 8.83 Å². The van der Waals surface area contributed by atoms with Crippen LogP contribution in [0.5, 0.6) is 0 Å². The molecule has 2 aromatic heterocycles. The lowest BCUT2D eigenvalue weighted by atomic mass is 9.96. The Hall–Kier alpha value is -7.16. The van der Waals surface area contributed by atoms with Gasteiger partial charge in [-0.25, -0.2) is 35.1 Å². The van der Waals surface area contributed by atoms with E-state index >= 15 is 0 Å². The van der Waals surface area contributed by atoms with Gasteiger partial charge < -0.3 is 8.83 Å². The van der Waals surface area contributed by atoms with Crippen molar-refractivity contribution in [3.8, 4) is 46.5 Å². The van der Waals surface area contributed by atoms with Gasteiger partial charge in [0.1, 0.15) is 57.8 Å². The smallest absolute Gasteiger partial charge is 0.170 e. The highest BCUT2D eigenvalue weighted by Crippen LogP contribution is 2.39. The second-order valence-corrected chi connectivity index (χ2v) is 11.5. The molecule has 0 aliphatic rings. The molecule has 5 aromatic carbocycles. The van der Waals surface area contributed by atoms with Crippen LogP contribution in [0.3, 0.4) is 0 Å². The molecular weight excluding hydrogens is 696 g/mol. The van der Waals surface area contributed by atoms with Crippen molar-refractivity contribution in [2.45, 2.75) is 13.8 Å². The molecule has 2 heterocycles. The molecule has 52 heavy (non-hydrogen) atoms. The number of halogens is 8. The molecule has 0 saturated heterocycles.